The van der Waals surface area contributed by atoms with Crippen molar-refractivity contribution in [3.05, 3.63) is 59.7 Å². The molecule has 0 radical (unpaired) electrons. The number of carboxylic acid groups (broad SMARTS) is 3. The minimum atomic E-state index is -5.08. The Labute approximate surface area is 255 Å². The monoisotopic (exact) mass is 680 g/mol. The summed E-state index contributed by atoms with van der Waals surface area (Å²) in [6.07, 6.45) is -11.9. The predicted octanol–water partition coefficient (Wildman–Crippen LogP) is 4.16. The molecule has 0 aliphatic carbocycles. The second-order valence-corrected chi connectivity index (χ2v) is 9.55. The first-order chi connectivity index (χ1) is 21.1. The van der Waals surface area contributed by atoms with Gasteiger partial charge in [-0.3, -0.25) is 19.8 Å². The lowest BCUT2D eigenvalue weighted by molar-refractivity contribution is -0.193. The first-order valence-electron chi connectivity index (χ1n) is 12.9. The molecule has 4 heterocycles. The van der Waals surface area contributed by atoms with Crippen LogP contribution in [0.5, 0.6) is 0 Å². The maximum Gasteiger partial charge on any atom is 0.490 e. The summed E-state index contributed by atoms with van der Waals surface area (Å²) in [7, 11) is 0. The third-order valence-corrected chi connectivity index (χ3v) is 5.91. The molecule has 0 amide bonds. The molecule has 2 unspecified atom stereocenters. The van der Waals surface area contributed by atoms with Gasteiger partial charge in [0.05, 0.1) is 24.1 Å². The van der Waals surface area contributed by atoms with Gasteiger partial charge in [-0.2, -0.15) is 39.5 Å². The third kappa shape index (κ3) is 15.8. The Morgan fingerprint density at radius 3 is 1.78 bits per heavy atom. The number of pyridine rings is 2. The molecule has 0 spiro atoms. The fourth-order valence-electron chi connectivity index (χ4n) is 3.93. The zero-order chi connectivity index (χ0) is 35.3. The Hall–Kier alpha value is -4.04. The first kappa shape index (κ1) is 40.0. The zero-order valence-corrected chi connectivity index (χ0v) is 23.8. The maximum absolute atomic E-state index is 10.6. The minimum Gasteiger partial charge on any atom is -0.475 e. The summed E-state index contributed by atoms with van der Waals surface area (Å²) in [5, 5.41) is 21.4. The highest BCUT2D eigenvalue weighted by atomic mass is 19.4. The lowest BCUT2D eigenvalue weighted by Gasteiger charge is -2.37. The number of nitrogens with zero attached hydrogens (tertiary/aromatic N) is 4. The van der Waals surface area contributed by atoms with E-state index in [1.165, 1.54) is 0 Å². The number of fused-ring (bicyclic) bond motifs is 1. The molecule has 2 aromatic heterocycles. The minimum absolute atomic E-state index is 0.321. The smallest absolute Gasteiger partial charge is 0.475 e. The fraction of sp³-hybridized carbons (Fsp3) is 0.500. The van der Waals surface area contributed by atoms with Gasteiger partial charge in [-0.1, -0.05) is 12.1 Å². The number of aromatic nitrogens is 2. The van der Waals surface area contributed by atoms with E-state index in [1.54, 1.807) is 0 Å². The number of ether oxygens (including phenoxy) is 1. The maximum atomic E-state index is 10.6. The number of carboxylic acids is 3. The van der Waals surface area contributed by atoms with E-state index in [1.807, 2.05) is 31.3 Å². The molecule has 20 heteroatoms. The lowest BCUT2D eigenvalue weighted by atomic mass is 10.1. The van der Waals surface area contributed by atoms with Crippen LogP contribution < -0.4 is 0 Å². The molecule has 11 nitrogen and oxygen atoms in total. The molecule has 0 saturated carbocycles. The van der Waals surface area contributed by atoms with Crippen LogP contribution in [0.1, 0.15) is 23.5 Å². The summed E-state index contributed by atoms with van der Waals surface area (Å²) in [4.78, 5) is 40.8. The Bertz CT molecular complexity index is 1210. The average molecular weight is 681 g/mol. The van der Waals surface area contributed by atoms with Crippen molar-refractivity contribution in [1.29, 1.82) is 0 Å². The van der Waals surface area contributed by atoms with Gasteiger partial charge in [0.25, 0.3) is 0 Å². The molecule has 2 aromatic rings. The average Bonchev–Trinajstić information content (AvgIpc) is 3.34. The molecule has 258 valence electrons. The topological polar surface area (TPSA) is 153 Å². The van der Waals surface area contributed by atoms with E-state index in [0.717, 1.165) is 56.2 Å². The van der Waals surface area contributed by atoms with Crippen LogP contribution in [0.15, 0.2) is 42.6 Å². The molecule has 3 N–H and O–H groups in total. The van der Waals surface area contributed by atoms with Gasteiger partial charge < -0.3 is 20.1 Å². The Morgan fingerprint density at radius 1 is 0.804 bits per heavy atom. The van der Waals surface area contributed by atoms with Crippen molar-refractivity contribution in [2.24, 2.45) is 0 Å². The van der Waals surface area contributed by atoms with Crippen molar-refractivity contribution in [3.8, 4) is 0 Å². The van der Waals surface area contributed by atoms with E-state index in [-0.39, 0.29) is 0 Å². The number of piperazine rings is 1. The van der Waals surface area contributed by atoms with Crippen molar-refractivity contribution in [3.63, 3.8) is 0 Å². The molecule has 0 aromatic carbocycles. The van der Waals surface area contributed by atoms with Gasteiger partial charge in [-0.05, 0) is 37.6 Å². The van der Waals surface area contributed by atoms with Gasteiger partial charge in [0.15, 0.2) is 0 Å². The first-order valence-corrected chi connectivity index (χ1v) is 12.9. The van der Waals surface area contributed by atoms with E-state index < -0.39 is 36.4 Å². The highest BCUT2D eigenvalue weighted by molar-refractivity contribution is 5.73. The highest BCUT2D eigenvalue weighted by Gasteiger charge is 2.40. The van der Waals surface area contributed by atoms with Crippen LogP contribution in [-0.2, 0) is 32.3 Å². The number of hydrogen-bond donors (Lipinski definition) is 3. The molecule has 2 saturated heterocycles. The van der Waals surface area contributed by atoms with Crippen molar-refractivity contribution in [1.82, 2.24) is 19.8 Å². The summed E-state index contributed by atoms with van der Waals surface area (Å²) in [6, 6.07) is 12.9. The second-order valence-electron chi connectivity index (χ2n) is 9.55. The molecule has 4 rings (SSSR count). The Morgan fingerprint density at radius 2 is 1.33 bits per heavy atom. The molecule has 0 bridgehead atoms. The number of rotatable bonds is 5. The number of alkyl halides is 9. The predicted molar refractivity (Wildman–Crippen MR) is 138 cm³/mol. The summed E-state index contributed by atoms with van der Waals surface area (Å²) in [5.41, 5.74) is 3.24. The van der Waals surface area contributed by atoms with Crippen molar-refractivity contribution >= 4 is 17.9 Å². The van der Waals surface area contributed by atoms with Crippen molar-refractivity contribution in [2.75, 3.05) is 26.2 Å². The number of halogens is 9. The van der Waals surface area contributed by atoms with Gasteiger partial charge in [0.2, 0.25) is 0 Å². The van der Waals surface area contributed by atoms with Crippen LogP contribution in [0.3, 0.4) is 0 Å². The molecular formula is C26H29F9N4O7. The number of aliphatic carboxylic acids is 3. The normalized spacial score (nSPS) is 18.4. The number of aryl methyl sites for hydroxylation is 1. The van der Waals surface area contributed by atoms with Gasteiger partial charge in [-0.25, -0.2) is 14.4 Å². The van der Waals surface area contributed by atoms with Gasteiger partial charge in [-0.15, -0.1) is 0 Å². The Kier molecular flexibility index (Phi) is 15.3. The Balaban J connectivity index is 0.000000413. The molecule has 2 fully saturated rings. The van der Waals surface area contributed by atoms with Crippen LogP contribution in [0, 0.1) is 6.92 Å². The van der Waals surface area contributed by atoms with E-state index in [2.05, 4.69) is 38.0 Å². The van der Waals surface area contributed by atoms with E-state index in [4.69, 9.17) is 34.4 Å². The summed E-state index contributed by atoms with van der Waals surface area (Å²) < 4.78 is 101. The molecule has 46 heavy (non-hydrogen) atoms. The van der Waals surface area contributed by atoms with Crippen molar-refractivity contribution in [2.45, 2.75) is 57.2 Å². The molecule has 2 aliphatic heterocycles. The number of carbonyl (C=O) groups is 3. The van der Waals surface area contributed by atoms with Crippen LogP contribution in [-0.4, -0.2) is 110 Å². The van der Waals surface area contributed by atoms with Crippen LogP contribution in [0.4, 0.5) is 39.5 Å². The van der Waals surface area contributed by atoms with Crippen LogP contribution in [0.2, 0.25) is 0 Å². The van der Waals surface area contributed by atoms with Gasteiger partial charge in [0, 0.05) is 50.7 Å². The van der Waals surface area contributed by atoms with Crippen molar-refractivity contribution < 1.29 is 74.0 Å². The van der Waals surface area contributed by atoms with E-state index in [9.17, 15) is 39.5 Å². The quantitative estimate of drug-likeness (QED) is 0.391. The van der Waals surface area contributed by atoms with Gasteiger partial charge in [0.1, 0.15) is 0 Å². The molecule has 2 aliphatic rings. The lowest BCUT2D eigenvalue weighted by Crippen LogP contribution is -2.49. The second kappa shape index (κ2) is 17.6. The highest BCUT2D eigenvalue weighted by Crippen LogP contribution is 2.25. The summed E-state index contributed by atoms with van der Waals surface area (Å²) >= 11 is 0. The standard InChI is InChI=1S/C20H26N4O.3C2HF3O2/c1-16-5-4-7-18(22-16)15-25-20-11-19-13-23(9-10-24(19)14-20)12-17-6-2-3-8-21-17;3*3-2(4,5)1(6)7/h2-8,19-20H,9-15H2,1H3;3*(H,6,7). The van der Waals surface area contributed by atoms with Gasteiger partial charge >= 0.3 is 36.4 Å². The summed E-state index contributed by atoms with van der Waals surface area (Å²) in [5.74, 6) is -8.27. The van der Waals surface area contributed by atoms with Crippen LogP contribution in [0.25, 0.3) is 0 Å². The van der Waals surface area contributed by atoms with E-state index in [0.29, 0.717) is 18.8 Å². The third-order valence-electron chi connectivity index (χ3n) is 5.91. The zero-order valence-electron chi connectivity index (χ0n) is 23.8. The molecular weight excluding hydrogens is 651 g/mol. The molecule has 2 atom stereocenters. The van der Waals surface area contributed by atoms with Crippen LogP contribution >= 0.6 is 0 Å². The number of hydrogen-bond acceptors (Lipinski definition) is 8. The largest absolute Gasteiger partial charge is 0.490 e. The summed E-state index contributed by atoms with van der Waals surface area (Å²) in [6.45, 7) is 7.98. The SMILES string of the molecule is Cc1cccc(COC2CC3CN(Cc4ccccn4)CCN3C2)n1.O=C(O)C(F)(F)F.O=C(O)C(F)(F)F.O=C(O)C(F)(F)F. The fourth-order valence-corrected chi connectivity index (χ4v) is 3.93. The van der Waals surface area contributed by atoms with E-state index >= 15 is 0 Å².